The van der Waals surface area contributed by atoms with Crippen molar-refractivity contribution >= 4 is 57.2 Å². The molecule has 0 spiro atoms. The monoisotopic (exact) mass is 980 g/mol. The van der Waals surface area contributed by atoms with Gasteiger partial charge in [0.25, 0.3) is 6.71 Å². The van der Waals surface area contributed by atoms with Gasteiger partial charge in [0, 0.05) is 34.1 Å². The van der Waals surface area contributed by atoms with E-state index in [1.54, 1.807) is 0 Å². The molecule has 2 aliphatic heterocycles. The maximum atomic E-state index is 2.59. The molecule has 0 saturated heterocycles. The third-order valence-electron chi connectivity index (χ3n) is 15.7. The molecule has 0 N–H and O–H groups in total. The second kappa shape index (κ2) is 19.2. The molecule has 362 valence electrons. The van der Waals surface area contributed by atoms with Crippen LogP contribution in [0.1, 0.15) is 11.1 Å². The molecule has 0 radical (unpaired) electrons. The van der Waals surface area contributed by atoms with Crippen LogP contribution in [0.25, 0.3) is 77.9 Å². The SMILES string of the molecule is Cc1ccc2c(c1)B1c3cc(C)ccc3N(c3cc(-c4ccccc4)cc(-c4ccccc4)c3)c3cc(-c4c(-c5ccccc5)cccc4-c4ccccc4)cc(c31)N2c1cc(-c2ccccc2)cc(-c2ccccc2)c1. The lowest BCUT2D eigenvalue weighted by atomic mass is 9.33. The number of aryl methyl sites for hydroxylation is 2. The van der Waals surface area contributed by atoms with E-state index in [1.807, 2.05) is 0 Å². The van der Waals surface area contributed by atoms with Crippen molar-refractivity contribution in [2.75, 3.05) is 9.80 Å². The predicted molar refractivity (Wildman–Crippen MR) is 328 cm³/mol. The van der Waals surface area contributed by atoms with Crippen molar-refractivity contribution in [3.63, 3.8) is 0 Å². The first kappa shape index (κ1) is 45.9. The molecule has 0 fully saturated rings. The Bertz CT molecular complexity index is 3780. The summed E-state index contributed by atoms with van der Waals surface area (Å²) in [5.74, 6) is 0. The van der Waals surface area contributed by atoms with Crippen LogP contribution in [-0.4, -0.2) is 6.71 Å². The molecule has 2 nitrogen and oxygen atoms in total. The van der Waals surface area contributed by atoms with Gasteiger partial charge in [-0.15, -0.1) is 0 Å². The smallest absolute Gasteiger partial charge is 0.252 e. The summed E-state index contributed by atoms with van der Waals surface area (Å²) < 4.78 is 0. The number of hydrogen-bond acceptors (Lipinski definition) is 2. The number of fused-ring (bicyclic) bond motifs is 4. The lowest BCUT2D eigenvalue weighted by Crippen LogP contribution is -2.61. The Morgan fingerprint density at radius 1 is 0.247 bits per heavy atom. The zero-order valence-corrected chi connectivity index (χ0v) is 43.1. The molecule has 0 saturated carbocycles. The van der Waals surface area contributed by atoms with Crippen molar-refractivity contribution in [1.82, 2.24) is 0 Å². The van der Waals surface area contributed by atoms with E-state index in [4.69, 9.17) is 0 Å². The summed E-state index contributed by atoms with van der Waals surface area (Å²) in [4.78, 5) is 5.18. The number of hydrogen-bond donors (Lipinski definition) is 0. The van der Waals surface area contributed by atoms with Crippen molar-refractivity contribution in [2.45, 2.75) is 13.8 Å². The average Bonchev–Trinajstić information content (AvgIpc) is 3.58. The average molecular weight is 981 g/mol. The third kappa shape index (κ3) is 8.25. The summed E-state index contributed by atoms with van der Waals surface area (Å²) in [7, 11) is 0. The van der Waals surface area contributed by atoms with Gasteiger partial charge < -0.3 is 9.80 Å². The molecule has 12 aromatic carbocycles. The molecule has 0 amide bonds. The van der Waals surface area contributed by atoms with Gasteiger partial charge in [0.15, 0.2) is 0 Å². The van der Waals surface area contributed by atoms with Gasteiger partial charge in [-0.05, 0) is 169 Å². The Morgan fingerprint density at radius 2 is 0.571 bits per heavy atom. The highest BCUT2D eigenvalue weighted by Gasteiger charge is 2.44. The summed E-state index contributed by atoms with van der Waals surface area (Å²) in [6.45, 7) is 4.42. The fraction of sp³-hybridized carbons (Fsp3) is 0.0270. The van der Waals surface area contributed by atoms with Gasteiger partial charge in [0.05, 0.1) is 0 Å². The first-order valence-electron chi connectivity index (χ1n) is 26.8. The summed E-state index contributed by atoms with van der Waals surface area (Å²) in [5.41, 5.74) is 29.6. The lowest BCUT2D eigenvalue weighted by molar-refractivity contribution is 1.25. The van der Waals surface area contributed by atoms with Gasteiger partial charge in [-0.25, -0.2) is 0 Å². The number of nitrogens with zero attached hydrogens (tertiary/aromatic N) is 2. The van der Waals surface area contributed by atoms with Gasteiger partial charge in [0.2, 0.25) is 0 Å². The highest BCUT2D eigenvalue weighted by atomic mass is 15.2. The molecule has 2 heterocycles. The van der Waals surface area contributed by atoms with Crippen molar-refractivity contribution in [3.05, 3.63) is 296 Å². The summed E-state index contributed by atoms with van der Waals surface area (Å²) in [6, 6.07) is 106. The molecule has 77 heavy (non-hydrogen) atoms. The Kier molecular flexibility index (Phi) is 11.5. The molecule has 0 aromatic heterocycles. The highest BCUT2D eigenvalue weighted by molar-refractivity contribution is 7.00. The van der Waals surface area contributed by atoms with Crippen LogP contribution in [0.15, 0.2) is 285 Å². The fourth-order valence-electron chi connectivity index (χ4n) is 12.2. The zero-order valence-electron chi connectivity index (χ0n) is 43.1. The van der Waals surface area contributed by atoms with Crippen molar-refractivity contribution in [2.24, 2.45) is 0 Å². The van der Waals surface area contributed by atoms with Gasteiger partial charge in [0.1, 0.15) is 0 Å². The molecule has 0 bridgehead atoms. The van der Waals surface area contributed by atoms with Crippen LogP contribution in [-0.2, 0) is 0 Å². The van der Waals surface area contributed by atoms with E-state index in [0.717, 1.165) is 50.6 Å². The Balaban J connectivity index is 1.14. The summed E-state index contributed by atoms with van der Waals surface area (Å²) in [5, 5.41) is 0. The predicted octanol–water partition coefficient (Wildman–Crippen LogP) is 18.1. The standard InChI is InChI=1S/C74H53BN2/c1-50-36-38-69-67(40-50)75-68-41-51(2)37-39-70(68)77(64-46-60(54-26-13-5-14-27-54)43-61(47-64)55-28-15-6-16-29-55)72-49-62(73-65(56-30-17-7-18-31-56)34-21-35-66(73)57-32-19-8-20-33-57)48-71(74(72)75)76(69)63-44-58(52-22-9-3-10-23-52)42-59(45-63)53-24-11-4-12-25-53/h3-49H,1-2H3. The molecular weight excluding hydrogens is 928 g/mol. The van der Waals surface area contributed by atoms with Crippen LogP contribution in [0.2, 0.25) is 0 Å². The first-order valence-corrected chi connectivity index (χ1v) is 26.8. The normalized spacial score (nSPS) is 12.2. The quantitative estimate of drug-likeness (QED) is 0.133. The van der Waals surface area contributed by atoms with Gasteiger partial charge >= 0.3 is 0 Å². The maximum Gasteiger partial charge on any atom is 0.252 e. The number of rotatable bonds is 9. The van der Waals surface area contributed by atoms with Crippen LogP contribution in [0.3, 0.4) is 0 Å². The fourth-order valence-corrected chi connectivity index (χ4v) is 12.2. The lowest BCUT2D eigenvalue weighted by Gasteiger charge is -2.45. The third-order valence-corrected chi connectivity index (χ3v) is 15.7. The van der Waals surface area contributed by atoms with Crippen LogP contribution in [0.5, 0.6) is 0 Å². The number of benzene rings is 12. The van der Waals surface area contributed by atoms with Gasteiger partial charge in [-0.3, -0.25) is 0 Å². The van der Waals surface area contributed by atoms with E-state index in [2.05, 4.69) is 309 Å². The second-order valence-electron chi connectivity index (χ2n) is 20.6. The summed E-state index contributed by atoms with van der Waals surface area (Å²) in [6.07, 6.45) is 0. The highest BCUT2D eigenvalue weighted by Crippen LogP contribution is 2.51. The van der Waals surface area contributed by atoms with Crippen LogP contribution >= 0.6 is 0 Å². The summed E-state index contributed by atoms with van der Waals surface area (Å²) >= 11 is 0. The van der Waals surface area contributed by atoms with E-state index in [-0.39, 0.29) is 6.71 Å². The van der Waals surface area contributed by atoms with Gasteiger partial charge in [-0.1, -0.05) is 236 Å². The molecular formula is C74H53BN2. The minimum absolute atomic E-state index is 0.0684. The molecule has 3 heteroatoms. The largest absolute Gasteiger partial charge is 0.311 e. The van der Waals surface area contributed by atoms with Crippen LogP contribution in [0.4, 0.5) is 34.1 Å². The van der Waals surface area contributed by atoms with Crippen molar-refractivity contribution in [1.29, 1.82) is 0 Å². The maximum absolute atomic E-state index is 2.59. The molecule has 0 atom stereocenters. The first-order chi connectivity index (χ1) is 38.0. The van der Waals surface area contributed by atoms with E-state index in [0.29, 0.717) is 0 Å². The number of anilines is 6. The van der Waals surface area contributed by atoms with Crippen LogP contribution in [0, 0.1) is 13.8 Å². The Hall–Kier alpha value is -9.70. The van der Waals surface area contributed by atoms with E-state index in [1.165, 1.54) is 89.0 Å². The Morgan fingerprint density at radius 3 is 0.909 bits per heavy atom. The molecule has 0 aliphatic carbocycles. The van der Waals surface area contributed by atoms with Crippen molar-refractivity contribution in [3.8, 4) is 77.9 Å². The van der Waals surface area contributed by atoms with Crippen molar-refractivity contribution < 1.29 is 0 Å². The van der Waals surface area contributed by atoms with Gasteiger partial charge in [-0.2, -0.15) is 0 Å². The molecule has 12 aromatic rings. The topological polar surface area (TPSA) is 6.48 Å². The molecule has 2 aliphatic rings. The second-order valence-corrected chi connectivity index (χ2v) is 20.6. The van der Waals surface area contributed by atoms with E-state index >= 15 is 0 Å². The molecule has 0 unspecified atom stereocenters. The van der Waals surface area contributed by atoms with E-state index in [9.17, 15) is 0 Å². The molecule has 14 rings (SSSR count). The minimum Gasteiger partial charge on any atom is -0.311 e. The minimum atomic E-state index is -0.0684. The Labute approximate surface area is 452 Å². The zero-order chi connectivity index (χ0) is 51.4. The van der Waals surface area contributed by atoms with Crippen LogP contribution < -0.4 is 26.2 Å². The van der Waals surface area contributed by atoms with E-state index < -0.39 is 0 Å².